The highest BCUT2D eigenvalue weighted by Gasteiger charge is 2.10. The van der Waals surface area contributed by atoms with Gasteiger partial charge in [0.05, 0.1) is 5.69 Å². The molecule has 0 aromatic carbocycles. The number of aryl methyl sites for hydroxylation is 1. The van der Waals surface area contributed by atoms with Gasteiger partial charge in [0.15, 0.2) is 0 Å². The predicted molar refractivity (Wildman–Crippen MR) is 47.1 cm³/mol. The molecule has 0 aliphatic heterocycles. The lowest BCUT2D eigenvalue weighted by Crippen LogP contribution is -2.06. The van der Waals surface area contributed by atoms with E-state index in [1.807, 2.05) is 20.8 Å². The van der Waals surface area contributed by atoms with E-state index in [4.69, 9.17) is 0 Å². The number of aromatic nitrogens is 2. The smallest absolute Gasteiger partial charge is 0.257 e. The average Bonchev–Trinajstić information content (AvgIpc) is 2.29. The van der Waals surface area contributed by atoms with Gasteiger partial charge in [-0.3, -0.25) is 4.68 Å². The molecule has 0 saturated carbocycles. The Kier molecular flexibility index (Phi) is 3.01. The molecule has 0 unspecified atom stereocenters. The van der Waals surface area contributed by atoms with Crippen LogP contribution in [0.1, 0.15) is 31.0 Å². The molecule has 1 rings (SSSR count). The minimum atomic E-state index is -2.33. The summed E-state index contributed by atoms with van der Waals surface area (Å²) in [4.78, 5) is 0. The first kappa shape index (κ1) is 10.2. The number of nitrogens with zero attached hydrogens (tertiary/aromatic N) is 2. The Labute approximate surface area is 76.6 Å². The van der Waals surface area contributed by atoms with Gasteiger partial charge in [-0.05, 0) is 18.4 Å². The molecule has 13 heavy (non-hydrogen) atoms. The number of hydrogen-bond donors (Lipinski definition) is 0. The van der Waals surface area contributed by atoms with Crippen LogP contribution in [0.25, 0.3) is 0 Å². The second-order valence-corrected chi connectivity index (χ2v) is 3.44. The van der Waals surface area contributed by atoms with E-state index < -0.39 is 6.43 Å². The van der Waals surface area contributed by atoms with Gasteiger partial charge in [0.1, 0.15) is 6.54 Å². The van der Waals surface area contributed by atoms with Crippen LogP contribution in [0, 0.1) is 6.92 Å². The molecule has 0 aliphatic rings. The highest BCUT2D eigenvalue weighted by atomic mass is 19.3. The maximum absolute atomic E-state index is 12.0. The average molecular weight is 188 g/mol. The molecule has 0 atom stereocenters. The predicted octanol–water partition coefficient (Wildman–Crippen LogP) is 2.58. The van der Waals surface area contributed by atoms with Crippen LogP contribution in [0.2, 0.25) is 0 Å². The first-order valence-electron chi connectivity index (χ1n) is 4.32. The maximum Gasteiger partial charge on any atom is 0.257 e. The van der Waals surface area contributed by atoms with Gasteiger partial charge in [-0.2, -0.15) is 5.10 Å². The van der Waals surface area contributed by atoms with Gasteiger partial charge in [0.25, 0.3) is 6.43 Å². The number of halogens is 2. The van der Waals surface area contributed by atoms with Crippen LogP contribution >= 0.6 is 0 Å². The van der Waals surface area contributed by atoms with E-state index in [1.54, 1.807) is 6.20 Å². The molecule has 0 bridgehead atoms. The van der Waals surface area contributed by atoms with Crippen LogP contribution in [0.4, 0.5) is 8.78 Å². The molecule has 0 N–H and O–H groups in total. The maximum atomic E-state index is 12.0. The summed E-state index contributed by atoms with van der Waals surface area (Å²) < 4.78 is 25.3. The van der Waals surface area contributed by atoms with Crippen molar-refractivity contribution in [3.05, 3.63) is 17.5 Å². The van der Waals surface area contributed by atoms with Crippen molar-refractivity contribution in [3.8, 4) is 0 Å². The largest absolute Gasteiger partial charge is 0.266 e. The number of alkyl halides is 2. The van der Waals surface area contributed by atoms with E-state index in [1.165, 1.54) is 4.68 Å². The molecule has 2 nitrogen and oxygen atoms in total. The van der Waals surface area contributed by atoms with Crippen LogP contribution in [-0.2, 0) is 6.54 Å². The van der Waals surface area contributed by atoms with E-state index in [0.717, 1.165) is 11.3 Å². The summed E-state index contributed by atoms with van der Waals surface area (Å²) in [6.45, 7) is 5.58. The Bertz CT molecular complexity index is 279. The van der Waals surface area contributed by atoms with E-state index >= 15 is 0 Å². The summed E-state index contributed by atoms with van der Waals surface area (Å²) in [7, 11) is 0. The van der Waals surface area contributed by atoms with Gasteiger partial charge >= 0.3 is 0 Å². The summed E-state index contributed by atoms with van der Waals surface area (Å²) in [5, 5.41) is 4.01. The Hall–Kier alpha value is -0.930. The second-order valence-electron chi connectivity index (χ2n) is 3.44. The van der Waals surface area contributed by atoms with Crippen molar-refractivity contribution in [2.24, 2.45) is 0 Å². The molecule has 1 aromatic heterocycles. The van der Waals surface area contributed by atoms with Crippen molar-refractivity contribution in [1.29, 1.82) is 0 Å². The van der Waals surface area contributed by atoms with E-state index in [0.29, 0.717) is 5.92 Å². The summed E-state index contributed by atoms with van der Waals surface area (Å²) in [6, 6.07) is 0. The van der Waals surface area contributed by atoms with Crippen LogP contribution in [-0.4, -0.2) is 16.2 Å². The quantitative estimate of drug-likeness (QED) is 0.712. The standard InChI is InChI=1S/C9H14F2N2/c1-6(2)8-4-13(5-9(10)11)12-7(8)3/h4,6,9H,5H2,1-3H3. The summed E-state index contributed by atoms with van der Waals surface area (Å²) >= 11 is 0. The third-order valence-electron chi connectivity index (χ3n) is 1.93. The second kappa shape index (κ2) is 3.85. The topological polar surface area (TPSA) is 17.8 Å². The molecule has 0 aliphatic carbocycles. The Balaban J connectivity index is 2.82. The number of hydrogen-bond acceptors (Lipinski definition) is 1. The number of rotatable bonds is 3. The first-order chi connectivity index (χ1) is 6.00. The normalized spacial score (nSPS) is 11.6. The first-order valence-corrected chi connectivity index (χ1v) is 4.32. The molecule has 1 heterocycles. The molecule has 0 fully saturated rings. The van der Waals surface area contributed by atoms with E-state index in [9.17, 15) is 8.78 Å². The summed E-state index contributed by atoms with van der Waals surface area (Å²) in [6.07, 6.45) is -0.633. The van der Waals surface area contributed by atoms with Gasteiger partial charge in [0, 0.05) is 6.20 Å². The van der Waals surface area contributed by atoms with Crippen LogP contribution in [0.5, 0.6) is 0 Å². The SMILES string of the molecule is Cc1nn(CC(F)F)cc1C(C)C. The fraction of sp³-hybridized carbons (Fsp3) is 0.667. The van der Waals surface area contributed by atoms with Gasteiger partial charge in [-0.25, -0.2) is 8.78 Å². The van der Waals surface area contributed by atoms with Crippen LogP contribution in [0.3, 0.4) is 0 Å². The molecule has 0 radical (unpaired) electrons. The van der Waals surface area contributed by atoms with E-state index in [-0.39, 0.29) is 6.54 Å². The minimum Gasteiger partial charge on any atom is -0.266 e. The molecule has 0 saturated heterocycles. The van der Waals surface area contributed by atoms with Crippen molar-refractivity contribution < 1.29 is 8.78 Å². The fourth-order valence-corrected chi connectivity index (χ4v) is 1.34. The molecule has 0 amide bonds. The Morgan fingerprint density at radius 3 is 2.46 bits per heavy atom. The third-order valence-corrected chi connectivity index (χ3v) is 1.93. The van der Waals surface area contributed by atoms with Crippen molar-refractivity contribution in [1.82, 2.24) is 9.78 Å². The van der Waals surface area contributed by atoms with E-state index in [2.05, 4.69) is 5.10 Å². The van der Waals surface area contributed by atoms with Crippen molar-refractivity contribution in [2.75, 3.05) is 0 Å². The Morgan fingerprint density at radius 2 is 2.08 bits per heavy atom. The van der Waals surface area contributed by atoms with Gasteiger partial charge in [-0.15, -0.1) is 0 Å². The van der Waals surface area contributed by atoms with Gasteiger partial charge < -0.3 is 0 Å². The minimum absolute atomic E-state index is 0.312. The zero-order chi connectivity index (χ0) is 10.0. The highest BCUT2D eigenvalue weighted by Crippen LogP contribution is 2.17. The molecular weight excluding hydrogens is 174 g/mol. The summed E-state index contributed by atoms with van der Waals surface area (Å²) in [5.41, 5.74) is 1.89. The third kappa shape index (κ3) is 2.50. The fourth-order valence-electron chi connectivity index (χ4n) is 1.34. The van der Waals surface area contributed by atoms with Crippen molar-refractivity contribution >= 4 is 0 Å². The van der Waals surface area contributed by atoms with Crippen LogP contribution in [0.15, 0.2) is 6.20 Å². The zero-order valence-electron chi connectivity index (χ0n) is 8.09. The van der Waals surface area contributed by atoms with Gasteiger partial charge in [-0.1, -0.05) is 13.8 Å². The molecule has 4 heteroatoms. The molecule has 0 spiro atoms. The molecule has 74 valence electrons. The summed E-state index contributed by atoms with van der Waals surface area (Å²) in [5.74, 6) is 0.339. The lowest BCUT2D eigenvalue weighted by molar-refractivity contribution is 0.121. The van der Waals surface area contributed by atoms with Crippen LogP contribution < -0.4 is 0 Å². The Morgan fingerprint density at radius 1 is 1.46 bits per heavy atom. The highest BCUT2D eigenvalue weighted by molar-refractivity contribution is 5.19. The van der Waals surface area contributed by atoms with Crippen molar-refractivity contribution in [2.45, 2.75) is 39.7 Å². The van der Waals surface area contributed by atoms with Gasteiger partial charge in [0.2, 0.25) is 0 Å². The molecular formula is C9H14F2N2. The zero-order valence-corrected chi connectivity index (χ0v) is 8.09. The monoisotopic (exact) mass is 188 g/mol. The van der Waals surface area contributed by atoms with Crippen molar-refractivity contribution in [3.63, 3.8) is 0 Å². The lowest BCUT2D eigenvalue weighted by atomic mass is 10.1. The lowest BCUT2D eigenvalue weighted by Gasteiger charge is -2.00. The molecule has 1 aromatic rings.